The highest BCUT2D eigenvalue weighted by Crippen LogP contribution is 2.31. The van der Waals surface area contributed by atoms with E-state index < -0.39 is 28.5 Å². The van der Waals surface area contributed by atoms with Crippen LogP contribution < -0.4 is 9.62 Å². The maximum Gasteiger partial charge on any atom is 0.340 e. The number of halogens is 3. The summed E-state index contributed by atoms with van der Waals surface area (Å²) >= 11 is 18.2. The smallest absolute Gasteiger partial charge is 0.340 e. The molecule has 0 aromatic heterocycles. The number of para-hydroxylation sites is 1. The molecule has 1 N–H and O–H groups in total. The van der Waals surface area contributed by atoms with Crippen molar-refractivity contribution in [3.63, 3.8) is 0 Å². The van der Waals surface area contributed by atoms with Crippen LogP contribution in [0, 0.1) is 0 Å². The number of carbonyl (C=O) groups is 2. The van der Waals surface area contributed by atoms with Crippen molar-refractivity contribution in [2.24, 2.45) is 0 Å². The number of rotatable bonds is 6. The average molecular weight is 554 g/mol. The van der Waals surface area contributed by atoms with Gasteiger partial charge in [-0.3, -0.25) is 9.52 Å². The van der Waals surface area contributed by atoms with Crippen LogP contribution in [-0.2, 0) is 26.0 Å². The molecule has 0 bridgehead atoms. The Hall–Kier alpha value is -2.78. The average Bonchev–Trinajstić information content (AvgIpc) is 2.81. The van der Waals surface area contributed by atoms with Crippen LogP contribution >= 0.6 is 34.8 Å². The number of aryl methyl sites for hydroxylation is 1. The largest absolute Gasteiger partial charge is 0.452 e. The summed E-state index contributed by atoms with van der Waals surface area (Å²) in [5.74, 6) is -1.35. The van der Waals surface area contributed by atoms with E-state index >= 15 is 0 Å². The minimum Gasteiger partial charge on any atom is -0.452 e. The lowest BCUT2D eigenvalue weighted by Crippen LogP contribution is -2.38. The number of benzene rings is 3. The molecule has 0 saturated carbocycles. The van der Waals surface area contributed by atoms with E-state index in [9.17, 15) is 18.0 Å². The summed E-state index contributed by atoms with van der Waals surface area (Å²) < 4.78 is 33.4. The Morgan fingerprint density at radius 3 is 2.51 bits per heavy atom. The Morgan fingerprint density at radius 2 is 1.74 bits per heavy atom. The first-order valence-electron chi connectivity index (χ1n) is 10.5. The van der Waals surface area contributed by atoms with Crippen molar-refractivity contribution in [3.8, 4) is 0 Å². The third-order valence-corrected chi connectivity index (χ3v) is 7.74. The van der Waals surface area contributed by atoms with Gasteiger partial charge in [-0.2, -0.15) is 0 Å². The topological polar surface area (TPSA) is 92.8 Å². The van der Waals surface area contributed by atoms with Crippen molar-refractivity contribution < 1.29 is 22.7 Å². The van der Waals surface area contributed by atoms with E-state index in [4.69, 9.17) is 39.5 Å². The van der Waals surface area contributed by atoms with Crippen LogP contribution in [0.4, 0.5) is 11.4 Å². The normalized spacial score (nSPS) is 13.2. The summed E-state index contributed by atoms with van der Waals surface area (Å²) in [5.41, 5.74) is 1.79. The van der Waals surface area contributed by atoms with Crippen LogP contribution in [0.1, 0.15) is 22.3 Å². The lowest BCUT2D eigenvalue weighted by molar-refractivity contribution is -0.121. The zero-order chi connectivity index (χ0) is 25.2. The third-order valence-electron chi connectivity index (χ3n) is 5.35. The van der Waals surface area contributed by atoms with Crippen LogP contribution in [0.3, 0.4) is 0 Å². The van der Waals surface area contributed by atoms with Gasteiger partial charge in [-0.15, -0.1) is 0 Å². The van der Waals surface area contributed by atoms with Crippen molar-refractivity contribution in [2.45, 2.75) is 17.7 Å². The number of hydrogen-bond donors (Lipinski definition) is 1. The molecule has 0 radical (unpaired) electrons. The molecule has 0 saturated heterocycles. The molecule has 0 spiro atoms. The fraction of sp³-hybridized carbons (Fsp3) is 0.167. The van der Waals surface area contributed by atoms with Crippen LogP contribution in [0.25, 0.3) is 0 Å². The second kappa shape index (κ2) is 10.5. The van der Waals surface area contributed by atoms with Gasteiger partial charge < -0.3 is 9.64 Å². The minimum atomic E-state index is -4.20. The van der Waals surface area contributed by atoms with E-state index in [1.54, 1.807) is 17.0 Å². The number of fused-ring (bicyclic) bond motifs is 1. The summed E-state index contributed by atoms with van der Waals surface area (Å²) in [5, 5.41) is 0.0252. The third kappa shape index (κ3) is 5.73. The zero-order valence-electron chi connectivity index (χ0n) is 18.1. The SMILES string of the molecule is O=C(OCC(=O)N1CCCc2ccccc21)c1cc(S(=O)(=O)Nc2cccc(Cl)c2)c(Cl)cc1Cl. The molecule has 35 heavy (non-hydrogen) atoms. The molecule has 182 valence electrons. The second-order valence-electron chi connectivity index (χ2n) is 7.73. The summed E-state index contributed by atoms with van der Waals surface area (Å²) in [6, 6.07) is 15.8. The molecular weight excluding hydrogens is 535 g/mol. The predicted octanol–water partition coefficient (Wildman–Crippen LogP) is 5.58. The highest BCUT2D eigenvalue weighted by atomic mass is 35.5. The van der Waals surface area contributed by atoms with Gasteiger partial charge in [0, 0.05) is 17.3 Å². The van der Waals surface area contributed by atoms with Gasteiger partial charge in [-0.1, -0.05) is 59.1 Å². The van der Waals surface area contributed by atoms with Crippen molar-refractivity contribution in [2.75, 3.05) is 22.8 Å². The first-order chi connectivity index (χ1) is 16.7. The number of hydrogen-bond acceptors (Lipinski definition) is 5. The van der Waals surface area contributed by atoms with Gasteiger partial charge in [0.05, 0.1) is 21.3 Å². The monoisotopic (exact) mass is 552 g/mol. The lowest BCUT2D eigenvalue weighted by Gasteiger charge is -2.29. The summed E-state index contributed by atoms with van der Waals surface area (Å²) in [6.07, 6.45) is 1.65. The number of nitrogens with one attached hydrogen (secondary N) is 1. The van der Waals surface area contributed by atoms with Gasteiger partial charge in [0.2, 0.25) is 0 Å². The molecule has 7 nitrogen and oxygen atoms in total. The molecule has 0 aliphatic carbocycles. The molecule has 1 aliphatic rings. The highest BCUT2D eigenvalue weighted by molar-refractivity contribution is 7.92. The maximum absolute atomic E-state index is 12.9. The minimum absolute atomic E-state index is 0.113. The maximum atomic E-state index is 12.9. The van der Waals surface area contributed by atoms with Crippen LogP contribution in [-0.4, -0.2) is 33.4 Å². The van der Waals surface area contributed by atoms with E-state index in [1.807, 2.05) is 24.3 Å². The number of amides is 1. The van der Waals surface area contributed by atoms with Crippen LogP contribution in [0.2, 0.25) is 15.1 Å². The summed E-state index contributed by atoms with van der Waals surface area (Å²) in [7, 11) is -4.20. The number of esters is 1. The van der Waals surface area contributed by atoms with Crippen molar-refractivity contribution in [1.29, 1.82) is 0 Å². The van der Waals surface area contributed by atoms with Crippen LogP contribution in [0.5, 0.6) is 0 Å². The standard InChI is InChI=1S/C24H19Cl3N2O5S/c25-16-7-3-8-17(11-16)28-35(32,33)22-12-18(19(26)13-20(22)27)24(31)34-14-23(30)29-10-4-6-15-5-1-2-9-21(15)29/h1-3,5,7-9,11-13,28H,4,6,10,14H2. The molecule has 1 heterocycles. The zero-order valence-corrected chi connectivity index (χ0v) is 21.2. The van der Waals surface area contributed by atoms with Crippen molar-refractivity contribution >= 4 is 68.1 Å². The van der Waals surface area contributed by atoms with Gasteiger partial charge in [0.15, 0.2) is 6.61 Å². The molecule has 4 rings (SSSR count). The van der Waals surface area contributed by atoms with Gasteiger partial charge in [-0.25, -0.2) is 13.2 Å². The Kier molecular flexibility index (Phi) is 7.56. The van der Waals surface area contributed by atoms with Crippen molar-refractivity contribution in [1.82, 2.24) is 0 Å². The fourth-order valence-corrected chi connectivity index (χ4v) is 5.82. The van der Waals surface area contributed by atoms with Gasteiger partial charge >= 0.3 is 5.97 Å². The van der Waals surface area contributed by atoms with Gasteiger partial charge in [-0.05, 0) is 54.8 Å². The summed E-state index contributed by atoms with van der Waals surface area (Å²) in [4.78, 5) is 26.7. The molecule has 11 heteroatoms. The van der Waals surface area contributed by atoms with Gasteiger partial charge in [0.1, 0.15) is 4.90 Å². The number of carbonyl (C=O) groups excluding carboxylic acids is 2. The Balaban J connectivity index is 1.52. The Labute approximate surface area is 217 Å². The van der Waals surface area contributed by atoms with E-state index in [0.29, 0.717) is 11.6 Å². The number of ether oxygens (including phenoxy) is 1. The number of anilines is 2. The first-order valence-corrected chi connectivity index (χ1v) is 13.1. The number of nitrogens with zero attached hydrogens (tertiary/aromatic N) is 1. The fourth-order valence-electron chi connectivity index (χ4n) is 3.73. The highest BCUT2D eigenvalue weighted by Gasteiger charge is 2.26. The van der Waals surface area contributed by atoms with E-state index in [0.717, 1.165) is 36.2 Å². The Bertz CT molecular complexity index is 1410. The van der Waals surface area contributed by atoms with Gasteiger partial charge in [0.25, 0.3) is 15.9 Å². The molecule has 3 aromatic rings. The van der Waals surface area contributed by atoms with Crippen LogP contribution in [0.15, 0.2) is 65.6 Å². The number of sulfonamides is 1. The van der Waals surface area contributed by atoms with E-state index in [1.165, 1.54) is 12.1 Å². The second-order valence-corrected chi connectivity index (χ2v) is 10.6. The lowest BCUT2D eigenvalue weighted by atomic mass is 10.0. The molecule has 1 aliphatic heterocycles. The molecule has 1 amide bonds. The molecule has 0 atom stereocenters. The van der Waals surface area contributed by atoms with E-state index in [-0.39, 0.29) is 26.2 Å². The Morgan fingerprint density at radius 1 is 0.971 bits per heavy atom. The molecule has 0 unspecified atom stereocenters. The quantitative estimate of drug-likeness (QED) is 0.402. The summed E-state index contributed by atoms with van der Waals surface area (Å²) in [6.45, 7) is -0.0262. The molecular formula is C24H19Cl3N2O5S. The van der Waals surface area contributed by atoms with Crippen molar-refractivity contribution in [3.05, 3.63) is 86.9 Å². The molecule has 0 fully saturated rings. The molecule has 3 aromatic carbocycles. The van der Waals surface area contributed by atoms with E-state index in [2.05, 4.69) is 4.72 Å². The first kappa shape index (κ1) is 25.3. The predicted molar refractivity (Wildman–Crippen MR) is 136 cm³/mol.